The van der Waals surface area contributed by atoms with Crippen LogP contribution in [0.2, 0.25) is 0 Å². The van der Waals surface area contributed by atoms with Crippen LogP contribution < -0.4 is 21.7 Å². The maximum absolute atomic E-state index is 11.4. The summed E-state index contributed by atoms with van der Waals surface area (Å²) < 4.78 is 0. The molecule has 1 unspecified atom stereocenters. The molecular weight excluding hydrogens is 274 g/mol. The monoisotopic (exact) mass is 297 g/mol. The highest BCUT2D eigenvalue weighted by Gasteiger charge is 2.11. The number of hydrogen-bond donors (Lipinski definition) is 5. The Kier molecular flexibility index (Phi) is 14.0. The Morgan fingerprint density at radius 1 is 1.39 bits per heavy atom. The normalized spacial score (nSPS) is 12.3. The number of carbonyl (C=O) groups excluding carboxylic acids is 1. The summed E-state index contributed by atoms with van der Waals surface area (Å²) in [7, 11) is 3.50. The number of carbonyl (C=O) groups is 1. The second-order valence-corrected chi connectivity index (χ2v) is 3.96. The number of nitrogens with zero attached hydrogens (tertiary/aromatic N) is 1. The average Bonchev–Trinajstić information content (AvgIpc) is 2.35. The first kappa shape index (κ1) is 19.7. The van der Waals surface area contributed by atoms with Crippen LogP contribution in [-0.2, 0) is 4.79 Å². The predicted molar refractivity (Wildman–Crippen MR) is 81.7 cm³/mol. The fraction of sp³-hybridized carbons (Fsp3) is 0.800. The lowest BCUT2D eigenvalue weighted by atomic mass is 10.1. The number of hydrogen-bond acceptors (Lipinski definition) is 4. The smallest absolute Gasteiger partial charge is 0.236 e. The summed E-state index contributed by atoms with van der Waals surface area (Å²) >= 11 is 4.01. The molecule has 6 nitrogen and oxygen atoms in total. The Morgan fingerprint density at radius 3 is 2.56 bits per heavy atom. The molecule has 0 aliphatic rings. The van der Waals surface area contributed by atoms with Gasteiger partial charge in [-0.2, -0.15) is 12.6 Å². The van der Waals surface area contributed by atoms with Gasteiger partial charge in [0.2, 0.25) is 5.91 Å². The number of thiol groups is 1. The largest absolute Gasteiger partial charge is 0.359 e. The molecule has 0 aliphatic heterocycles. The molecule has 0 aromatic carbocycles. The lowest BCUT2D eigenvalue weighted by Crippen LogP contribution is -2.42. The summed E-state index contributed by atoms with van der Waals surface area (Å²) in [5.41, 5.74) is 5.73. The first-order valence-corrected chi connectivity index (χ1v) is 6.31. The summed E-state index contributed by atoms with van der Waals surface area (Å²) in [5.74, 6) is 1.24. The van der Waals surface area contributed by atoms with E-state index in [1.807, 2.05) is 0 Å². The number of amides is 1. The van der Waals surface area contributed by atoms with Crippen LogP contribution in [0.1, 0.15) is 12.8 Å². The van der Waals surface area contributed by atoms with Crippen LogP contribution in [0.25, 0.3) is 0 Å². The predicted octanol–water partition coefficient (Wildman–Crippen LogP) is -0.643. The van der Waals surface area contributed by atoms with E-state index < -0.39 is 6.04 Å². The van der Waals surface area contributed by atoms with Gasteiger partial charge in [0.25, 0.3) is 0 Å². The van der Waals surface area contributed by atoms with Crippen LogP contribution in [0.5, 0.6) is 0 Å². The molecule has 1 atom stereocenters. The summed E-state index contributed by atoms with van der Waals surface area (Å²) in [6.45, 7) is 1.29. The van der Waals surface area contributed by atoms with Crippen molar-refractivity contribution in [3.8, 4) is 0 Å². The molecule has 0 bridgehead atoms. The lowest BCUT2D eigenvalue weighted by molar-refractivity contribution is -0.122. The highest BCUT2D eigenvalue weighted by Crippen LogP contribution is 1.93. The molecule has 0 aromatic heterocycles. The van der Waals surface area contributed by atoms with Crippen molar-refractivity contribution in [3.63, 3.8) is 0 Å². The molecule has 0 saturated heterocycles. The second kappa shape index (κ2) is 12.8. The van der Waals surface area contributed by atoms with Crippen LogP contribution in [0.4, 0.5) is 0 Å². The van der Waals surface area contributed by atoms with Crippen molar-refractivity contribution in [1.82, 2.24) is 16.0 Å². The topological polar surface area (TPSA) is 91.5 Å². The van der Waals surface area contributed by atoms with Gasteiger partial charge in [-0.05, 0) is 12.8 Å². The minimum Gasteiger partial charge on any atom is -0.359 e. The van der Waals surface area contributed by atoms with E-state index in [1.165, 1.54) is 0 Å². The highest BCUT2D eigenvalue weighted by atomic mass is 35.5. The highest BCUT2D eigenvalue weighted by molar-refractivity contribution is 7.80. The van der Waals surface area contributed by atoms with Crippen molar-refractivity contribution in [3.05, 3.63) is 0 Å². The van der Waals surface area contributed by atoms with Crippen molar-refractivity contribution >= 4 is 36.9 Å². The van der Waals surface area contributed by atoms with Gasteiger partial charge in [0.1, 0.15) is 0 Å². The number of nitrogens with one attached hydrogen (secondary N) is 3. The third-order valence-electron chi connectivity index (χ3n) is 2.19. The van der Waals surface area contributed by atoms with E-state index in [0.29, 0.717) is 18.7 Å². The summed E-state index contributed by atoms with van der Waals surface area (Å²) in [5, 5.41) is 8.71. The van der Waals surface area contributed by atoms with E-state index >= 15 is 0 Å². The van der Waals surface area contributed by atoms with Crippen LogP contribution in [0.3, 0.4) is 0 Å². The minimum absolute atomic E-state index is 0. The van der Waals surface area contributed by atoms with Gasteiger partial charge in [0, 0.05) is 32.9 Å². The number of rotatable bonds is 7. The number of guanidine groups is 1. The van der Waals surface area contributed by atoms with Gasteiger partial charge in [-0.15, -0.1) is 12.4 Å². The molecular formula is C10H24ClN5OS. The zero-order valence-corrected chi connectivity index (χ0v) is 12.6. The number of nitrogens with two attached hydrogens (primary N) is 1. The van der Waals surface area contributed by atoms with Crippen LogP contribution in [0, 0.1) is 0 Å². The standard InChI is InChI=1S/C10H23N5OS.ClH/c1-12-10(13-2)15-5-3-4-8(11)9(16)14-6-7-17;/h8,17H,3-7,11H2,1-2H3,(H,14,16)(H2,12,13,15);1H. The fourth-order valence-electron chi connectivity index (χ4n) is 1.25. The van der Waals surface area contributed by atoms with E-state index in [9.17, 15) is 4.79 Å². The second-order valence-electron chi connectivity index (χ2n) is 3.51. The molecule has 1 amide bonds. The molecule has 0 fully saturated rings. The Bertz CT molecular complexity index is 252. The molecule has 0 saturated carbocycles. The zero-order chi connectivity index (χ0) is 13.1. The summed E-state index contributed by atoms with van der Waals surface area (Å²) in [6.07, 6.45) is 1.46. The SMILES string of the molecule is CN=C(NC)NCCCC(N)C(=O)NCCS.Cl. The fourth-order valence-corrected chi connectivity index (χ4v) is 1.36. The van der Waals surface area contributed by atoms with Crippen molar-refractivity contribution in [1.29, 1.82) is 0 Å². The number of halogens is 1. The number of aliphatic imine (C=N–C) groups is 1. The maximum atomic E-state index is 11.4. The van der Waals surface area contributed by atoms with E-state index in [4.69, 9.17) is 5.73 Å². The van der Waals surface area contributed by atoms with Gasteiger partial charge in [0.05, 0.1) is 6.04 Å². The van der Waals surface area contributed by atoms with Gasteiger partial charge in [-0.1, -0.05) is 0 Å². The van der Waals surface area contributed by atoms with Crippen LogP contribution in [0.15, 0.2) is 4.99 Å². The van der Waals surface area contributed by atoms with Gasteiger partial charge in [0.15, 0.2) is 5.96 Å². The zero-order valence-electron chi connectivity index (χ0n) is 10.9. The Hall–Kier alpha value is -0.660. The Morgan fingerprint density at radius 2 is 2.06 bits per heavy atom. The Labute approximate surface area is 120 Å². The molecule has 5 N–H and O–H groups in total. The third-order valence-corrected chi connectivity index (χ3v) is 2.42. The third kappa shape index (κ3) is 9.38. The molecule has 0 radical (unpaired) electrons. The first-order valence-electron chi connectivity index (χ1n) is 5.68. The van der Waals surface area contributed by atoms with Crippen LogP contribution >= 0.6 is 25.0 Å². The van der Waals surface area contributed by atoms with Crippen molar-refractivity contribution < 1.29 is 4.79 Å². The summed E-state index contributed by atoms with van der Waals surface area (Å²) in [6, 6.07) is -0.451. The van der Waals surface area contributed by atoms with E-state index in [2.05, 4.69) is 33.6 Å². The molecule has 0 heterocycles. The molecule has 0 aliphatic carbocycles. The summed E-state index contributed by atoms with van der Waals surface area (Å²) in [4.78, 5) is 15.4. The quantitative estimate of drug-likeness (QED) is 0.187. The molecule has 8 heteroatoms. The average molecular weight is 298 g/mol. The van der Waals surface area contributed by atoms with Gasteiger partial charge < -0.3 is 21.7 Å². The van der Waals surface area contributed by atoms with Gasteiger partial charge in [-0.3, -0.25) is 9.79 Å². The molecule has 0 spiro atoms. The van der Waals surface area contributed by atoms with E-state index in [1.54, 1.807) is 14.1 Å². The maximum Gasteiger partial charge on any atom is 0.236 e. The van der Waals surface area contributed by atoms with Crippen LogP contribution in [-0.4, -0.2) is 50.8 Å². The van der Waals surface area contributed by atoms with E-state index in [0.717, 1.165) is 18.9 Å². The van der Waals surface area contributed by atoms with Crippen molar-refractivity contribution in [2.24, 2.45) is 10.7 Å². The van der Waals surface area contributed by atoms with Crippen molar-refractivity contribution in [2.45, 2.75) is 18.9 Å². The van der Waals surface area contributed by atoms with Crippen molar-refractivity contribution in [2.75, 3.05) is 32.9 Å². The Balaban J connectivity index is 0. The first-order chi connectivity index (χ1) is 8.15. The molecule has 0 rings (SSSR count). The van der Waals surface area contributed by atoms with Gasteiger partial charge in [-0.25, -0.2) is 0 Å². The molecule has 108 valence electrons. The molecule has 18 heavy (non-hydrogen) atoms. The molecule has 0 aromatic rings. The lowest BCUT2D eigenvalue weighted by Gasteiger charge is -2.12. The van der Waals surface area contributed by atoms with E-state index in [-0.39, 0.29) is 18.3 Å². The van der Waals surface area contributed by atoms with Gasteiger partial charge >= 0.3 is 0 Å². The minimum atomic E-state index is -0.451.